The monoisotopic (exact) mass is 254 g/mol. The number of ketones is 1. The van der Waals surface area contributed by atoms with Crippen molar-refractivity contribution in [2.45, 2.75) is 6.54 Å². The van der Waals surface area contributed by atoms with Gasteiger partial charge in [-0.2, -0.15) is 0 Å². The number of carbonyl (C=O) groups is 1. The predicted molar refractivity (Wildman–Crippen MR) is 62.2 cm³/mol. The standard InChI is InChI=1S/C10H7ClN2O2S/c11-9-2-1-8(16-9)7(14)5-13-6-12-4-3-10(13)15/h1-4,6H,5H2. The number of thiophene rings is 1. The van der Waals surface area contributed by atoms with Crippen molar-refractivity contribution in [3.8, 4) is 0 Å². The molecule has 0 N–H and O–H groups in total. The van der Waals surface area contributed by atoms with Crippen LogP contribution in [-0.2, 0) is 6.54 Å². The van der Waals surface area contributed by atoms with Crippen LogP contribution in [0.4, 0.5) is 0 Å². The van der Waals surface area contributed by atoms with Crippen LogP contribution >= 0.6 is 22.9 Å². The van der Waals surface area contributed by atoms with Gasteiger partial charge in [-0.15, -0.1) is 11.3 Å². The highest BCUT2D eigenvalue weighted by molar-refractivity contribution is 7.18. The number of carbonyl (C=O) groups excluding carboxylic acids is 1. The molecule has 0 fully saturated rings. The fourth-order valence-corrected chi connectivity index (χ4v) is 2.17. The first kappa shape index (κ1) is 11.0. The van der Waals surface area contributed by atoms with Crippen molar-refractivity contribution in [3.05, 3.63) is 50.3 Å². The number of hydrogen-bond donors (Lipinski definition) is 0. The second-order valence-electron chi connectivity index (χ2n) is 3.07. The van der Waals surface area contributed by atoms with Gasteiger partial charge in [0.15, 0.2) is 5.78 Å². The number of hydrogen-bond acceptors (Lipinski definition) is 4. The van der Waals surface area contributed by atoms with Crippen LogP contribution in [0.25, 0.3) is 0 Å². The van der Waals surface area contributed by atoms with Crippen LogP contribution in [0.3, 0.4) is 0 Å². The molecule has 0 aliphatic carbocycles. The molecular weight excluding hydrogens is 248 g/mol. The number of aromatic nitrogens is 2. The van der Waals surface area contributed by atoms with Gasteiger partial charge >= 0.3 is 0 Å². The molecule has 0 saturated carbocycles. The molecule has 0 aliphatic heterocycles. The Labute approximate surface area is 100 Å². The highest BCUT2D eigenvalue weighted by Crippen LogP contribution is 2.21. The van der Waals surface area contributed by atoms with E-state index in [9.17, 15) is 9.59 Å². The lowest BCUT2D eigenvalue weighted by atomic mass is 10.3. The van der Waals surface area contributed by atoms with Gasteiger partial charge < -0.3 is 0 Å². The molecule has 2 aromatic rings. The Morgan fingerprint density at radius 1 is 1.44 bits per heavy atom. The molecule has 0 bridgehead atoms. The summed E-state index contributed by atoms with van der Waals surface area (Å²) >= 11 is 6.93. The molecule has 0 amide bonds. The molecular formula is C10H7ClN2O2S. The van der Waals surface area contributed by atoms with E-state index >= 15 is 0 Å². The molecule has 0 saturated heterocycles. The van der Waals surface area contributed by atoms with Crippen LogP contribution in [0.5, 0.6) is 0 Å². The molecule has 2 heterocycles. The Morgan fingerprint density at radius 3 is 2.88 bits per heavy atom. The lowest BCUT2D eigenvalue weighted by Gasteiger charge is -2.01. The second kappa shape index (κ2) is 4.59. The van der Waals surface area contributed by atoms with Crippen molar-refractivity contribution in [2.75, 3.05) is 0 Å². The second-order valence-corrected chi connectivity index (χ2v) is 4.79. The van der Waals surface area contributed by atoms with Crippen molar-refractivity contribution >= 4 is 28.7 Å². The third-order valence-corrected chi connectivity index (χ3v) is 3.23. The van der Waals surface area contributed by atoms with Gasteiger partial charge in [0.05, 0.1) is 22.1 Å². The molecule has 0 unspecified atom stereocenters. The van der Waals surface area contributed by atoms with Gasteiger partial charge in [0, 0.05) is 12.3 Å². The van der Waals surface area contributed by atoms with E-state index in [4.69, 9.17) is 11.6 Å². The highest BCUT2D eigenvalue weighted by Gasteiger charge is 2.09. The molecule has 6 heteroatoms. The predicted octanol–water partition coefficient (Wildman–Crippen LogP) is 1.84. The van der Waals surface area contributed by atoms with Gasteiger partial charge in [-0.05, 0) is 12.1 Å². The summed E-state index contributed by atoms with van der Waals surface area (Å²) in [6, 6.07) is 4.62. The summed E-state index contributed by atoms with van der Waals surface area (Å²) in [7, 11) is 0. The van der Waals surface area contributed by atoms with E-state index in [0.717, 1.165) is 0 Å². The van der Waals surface area contributed by atoms with Crippen LogP contribution in [0, 0.1) is 0 Å². The SMILES string of the molecule is O=C(Cn1cnccc1=O)c1ccc(Cl)s1. The maximum absolute atomic E-state index is 11.7. The minimum atomic E-state index is -0.244. The lowest BCUT2D eigenvalue weighted by molar-refractivity contribution is 0.0974. The molecule has 2 aromatic heterocycles. The smallest absolute Gasteiger partial charge is 0.253 e. The van der Waals surface area contributed by atoms with Crippen molar-refractivity contribution in [1.29, 1.82) is 0 Å². The van der Waals surface area contributed by atoms with Gasteiger partial charge in [0.2, 0.25) is 0 Å². The van der Waals surface area contributed by atoms with Crippen LogP contribution in [-0.4, -0.2) is 15.3 Å². The maximum atomic E-state index is 11.7. The zero-order valence-corrected chi connectivity index (χ0v) is 9.66. The first-order valence-electron chi connectivity index (χ1n) is 4.46. The molecule has 0 spiro atoms. The zero-order chi connectivity index (χ0) is 11.5. The van der Waals surface area contributed by atoms with Crippen LogP contribution in [0.2, 0.25) is 4.34 Å². The fraction of sp³-hybridized carbons (Fsp3) is 0.100. The first-order chi connectivity index (χ1) is 7.66. The maximum Gasteiger partial charge on any atom is 0.253 e. The number of nitrogens with zero attached hydrogens (tertiary/aromatic N) is 2. The van der Waals surface area contributed by atoms with E-state index in [2.05, 4.69) is 4.98 Å². The van der Waals surface area contributed by atoms with Gasteiger partial charge in [-0.1, -0.05) is 11.6 Å². The average molecular weight is 255 g/mol. The van der Waals surface area contributed by atoms with Gasteiger partial charge in [0.1, 0.15) is 0 Å². The van der Waals surface area contributed by atoms with E-state index in [1.165, 1.54) is 34.5 Å². The van der Waals surface area contributed by atoms with E-state index < -0.39 is 0 Å². The topological polar surface area (TPSA) is 52.0 Å². The lowest BCUT2D eigenvalue weighted by Crippen LogP contribution is -2.22. The van der Waals surface area contributed by atoms with Gasteiger partial charge in [-0.3, -0.25) is 14.2 Å². The van der Waals surface area contributed by atoms with E-state index in [1.54, 1.807) is 12.1 Å². The average Bonchev–Trinajstić information content (AvgIpc) is 2.68. The quantitative estimate of drug-likeness (QED) is 0.786. The van der Waals surface area contributed by atoms with Crippen LogP contribution in [0.1, 0.15) is 9.67 Å². The molecule has 0 aliphatic rings. The van der Waals surface area contributed by atoms with Crippen molar-refractivity contribution in [3.63, 3.8) is 0 Å². The van der Waals surface area contributed by atoms with E-state index in [0.29, 0.717) is 9.21 Å². The zero-order valence-electron chi connectivity index (χ0n) is 8.09. The third-order valence-electron chi connectivity index (χ3n) is 1.95. The molecule has 2 rings (SSSR count). The van der Waals surface area contributed by atoms with E-state index in [1.807, 2.05) is 0 Å². The molecule has 0 aromatic carbocycles. The molecule has 0 radical (unpaired) electrons. The molecule has 16 heavy (non-hydrogen) atoms. The third kappa shape index (κ3) is 2.37. The van der Waals surface area contributed by atoms with Crippen molar-refractivity contribution < 1.29 is 4.79 Å². The van der Waals surface area contributed by atoms with Crippen LogP contribution in [0.15, 0.2) is 35.5 Å². The highest BCUT2D eigenvalue weighted by atomic mass is 35.5. The summed E-state index contributed by atoms with van der Waals surface area (Å²) in [5.74, 6) is -0.146. The van der Waals surface area contributed by atoms with Crippen molar-refractivity contribution in [2.24, 2.45) is 0 Å². The molecule has 82 valence electrons. The Morgan fingerprint density at radius 2 is 2.25 bits per heavy atom. The summed E-state index contributed by atoms with van der Waals surface area (Å²) in [5, 5.41) is 0. The van der Waals surface area contributed by atoms with E-state index in [-0.39, 0.29) is 17.9 Å². The number of Topliss-reactive ketones (excluding diaryl/α,β-unsaturated/α-hetero) is 1. The first-order valence-corrected chi connectivity index (χ1v) is 5.65. The fourth-order valence-electron chi connectivity index (χ4n) is 1.19. The summed E-state index contributed by atoms with van der Waals surface area (Å²) in [6.45, 7) is -0.0104. The normalized spacial score (nSPS) is 10.3. The Bertz CT molecular complexity index is 576. The number of rotatable bonds is 3. The van der Waals surface area contributed by atoms with Gasteiger partial charge in [0.25, 0.3) is 5.56 Å². The summed E-state index contributed by atoms with van der Waals surface area (Å²) in [6.07, 6.45) is 2.74. The number of halogens is 1. The summed E-state index contributed by atoms with van der Waals surface area (Å²) < 4.78 is 1.82. The summed E-state index contributed by atoms with van der Waals surface area (Å²) in [4.78, 5) is 27.4. The van der Waals surface area contributed by atoms with Crippen molar-refractivity contribution in [1.82, 2.24) is 9.55 Å². The Hall–Kier alpha value is -1.46. The largest absolute Gasteiger partial charge is 0.291 e. The Kier molecular flexibility index (Phi) is 3.17. The molecule has 0 atom stereocenters. The van der Waals surface area contributed by atoms with Crippen LogP contribution < -0.4 is 5.56 Å². The Balaban J connectivity index is 2.20. The summed E-state index contributed by atoms with van der Waals surface area (Å²) in [5.41, 5.74) is -0.244. The minimum absolute atomic E-state index is 0.0104. The molecule has 4 nitrogen and oxygen atoms in total. The minimum Gasteiger partial charge on any atom is -0.291 e. The van der Waals surface area contributed by atoms with Gasteiger partial charge in [-0.25, -0.2) is 4.98 Å².